The Kier molecular flexibility index (Phi) is 4.09. The third-order valence-corrected chi connectivity index (χ3v) is 4.25. The van der Waals surface area contributed by atoms with Crippen LogP contribution in [0.3, 0.4) is 0 Å². The van der Waals surface area contributed by atoms with E-state index >= 15 is 0 Å². The Hall–Kier alpha value is -2.34. The van der Waals surface area contributed by atoms with Crippen molar-refractivity contribution in [3.05, 3.63) is 46.7 Å². The van der Waals surface area contributed by atoms with E-state index in [-0.39, 0.29) is 23.4 Å². The molecule has 23 heavy (non-hydrogen) atoms. The van der Waals surface area contributed by atoms with E-state index in [0.717, 1.165) is 12.0 Å². The van der Waals surface area contributed by atoms with Crippen LogP contribution in [-0.4, -0.2) is 28.8 Å². The standard InChI is InChI=1S/C16H16ClN3O3/c1-20-14(16(22)23-2)13(8-18-20)19-15(21)12-7-11(12)9-3-5-10(17)6-4-9/h3-6,8,11-12H,7H2,1-2H3,(H,19,21). The van der Waals surface area contributed by atoms with Crippen LogP contribution in [0, 0.1) is 5.92 Å². The molecule has 6 nitrogen and oxygen atoms in total. The fourth-order valence-electron chi connectivity index (χ4n) is 2.66. The van der Waals surface area contributed by atoms with Crippen LogP contribution in [0.5, 0.6) is 0 Å². The number of nitrogens with zero attached hydrogens (tertiary/aromatic N) is 2. The number of halogens is 1. The number of aromatic nitrogens is 2. The molecule has 2 aromatic rings. The first-order valence-electron chi connectivity index (χ1n) is 7.18. The SMILES string of the molecule is COC(=O)c1c(NC(=O)C2CC2c2ccc(Cl)cc2)cnn1C. The lowest BCUT2D eigenvalue weighted by molar-refractivity contribution is -0.117. The second-order valence-corrected chi connectivity index (χ2v) is 5.95. The van der Waals surface area contributed by atoms with E-state index in [1.807, 2.05) is 24.3 Å². The van der Waals surface area contributed by atoms with E-state index in [4.69, 9.17) is 16.3 Å². The van der Waals surface area contributed by atoms with Crippen LogP contribution in [0.15, 0.2) is 30.5 Å². The quantitative estimate of drug-likeness (QED) is 0.873. The van der Waals surface area contributed by atoms with Crippen molar-refractivity contribution in [1.82, 2.24) is 9.78 Å². The highest BCUT2D eigenvalue weighted by Gasteiger charge is 2.44. The summed E-state index contributed by atoms with van der Waals surface area (Å²) in [5.74, 6) is -0.583. The van der Waals surface area contributed by atoms with Crippen LogP contribution >= 0.6 is 11.6 Å². The molecule has 0 radical (unpaired) electrons. The average Bonchev–Trinajstić information content (AvgIpc) is 3.26. The van der Waals surface area contributed by atoms with Gasteiger partial charge in [0, 0.05) is 18.0 Å². The number of hydrogen-bond acceptors (Lipinski definition) is 4. The molecular weight excluding hydrogens is 318 g/mol. The van der Waals surface area contributed by atoms with Crippen molar-refractivity contribution >= 4 is 29.2 Å². The number of esters is 1. The van der Waals surface area contributed by atoms with Gasteiger partial charge in [-0.2, -0.15) is 5.10 Å². The highest BCUT2D eigenvalue weighted by molar-refractivity contribution is 6.30. The van der Waals surface area contributed by atoms with E-state index in [0.29, 0.717) is 10.7 Å². The van der Waals surface area contributed by atoms with Gasteiger partial charge in [0.25, 0.3) is 0 Å². The lowest BCUT2D eigenvalue weighted by Gasteiger charge is -2.06. The maximum Gasteiger partial charge on any atom is 0.358 e. The number of benzene rings is 1. The summed E-state index contributed by atoms with van der Waals surface area (Å²) in [7, 11) is 2.91. The molecule has 0 bridgehead atoms. The number of nitrogens with one attached hydrogen (secondary N) is 1. The first kappa shape index (κ1) is 15.6. The number of carbonyl (C=O) groups is 2. The summed E-state index contributed by atoms with van der Waals surface area (Å²) >= 11 is 5.87. The molecule has 1 heterocycles. The molecule has 2 atom stereocenters. The first-order chi connectivity index (χ1) is 11.0. The van der Waals surface area contributed by atoms with Crippen LogP contribution in [0.25, 0.3) is 0 Å². The van der Waals surface area contributed by atoms with Crippen LogP contribution in [0.4, 0.5) is 5.69 Å². The molecule has 0 aliphatic heterocycles. The molecule has 7 heteroatoms. The minimum atomic E-state index is -0.537. The van der Waals surface area contributed by atoms with Crippen molar-refractivity contribution in [2.45, 2.75) is 12.3 Å². The molecule has 0 saturated heterocycles. The van der Waals surface area contributed by atoms with E-state index in [2.05, 4.69) is 10.4 Å². The van der Waals surface area contributed by atoms with Gasteiger partial charge in [-0.1, -0.05) is 23.7 Å². The summed E-state index contributed by atoms with van der Waals surface area (Å²) in [5.41, 5.74) is 1.68. The van der Waals surface area contributed by atoms with Crippen LogP contribution < -0.4 is 5.32 Å². The van der Waals surface area contributed by atoms with Gasteiger partial charge in [0.1, 0.15) is 0 Å². The molecule has 3 rings (SSSR count). The minimum Gasteiger partial charge on any atom is -0.464 e. The Bertz CT molecular complexity index is 754. The van der Waals surface area contributed by atoms with Gasteiger partial charge in [-0.25, -0.2) is 4.79 Å². The lowest BCUT2D eigenvalue weighted by Crippen LogP contribution is -2.18. The van der Waals surface area contributed by atoms with Gasteiger partial charge in [0.2, 0.25) is 5.91 Å². The number of ether oxygens (including phenoxy) is 1. The summed E-state index contributed by atoms with van der Waals surface area (Å²) < 4.78 is 6.09. The van der Waals surface area contributed by atoms with E-state index in [1.165, 1.54) is 18.0 Å². The third-order valence-electron chi connectivity index (χ3n) is 4.00. The summed E-state index contributed by atoms with van der Waals surface area (Å²) in [6.45, 7) is 0. The second-order valence-electron chi connectivity index (χ2n) is 5.51. The molecule has 2 unspecified atom stereocenters. The number of rotatable bonds is 4. The zero-order valence-electron chi connectivity index (χ0n) is 12.7. The van der Waals surface area contributed by atoms with Crippen LogP contribution in [0.2, 0.25) is 5.02 Å². The van der Waals surface area contributed by atoms with Crippen molar-refractivity contribution in [3.63, 3.8) is 0 Å². The average molecular weight is 334 g/mol. The van der Waals surface area contributed by atoms with E-state index in [9.17, 15) is 9.59 Å². The van der Waals surface area contributed by atoms with Crippen molar-refractivity contribution in [2.24, 2.45) is 13.0 Å². The van der Waals surface area contributed by atoms with Crippen molar-refractivity contribution in [1.29, 1.82) is 0 Å². The smallest absolute Gasteiger partial charge is 0.358 e. The molecule has 1 aliphatic carbocycles. The maximum absolute atomic E-state index is 12.4. The highest BCUT2D eigenvalue weighted by Crippen LogP contribution is 2.48. The predicted octanol–water partition coefficient (Wildman–Crippen LogP) is 2.60. The lowest BCUT2D eigenvalue weighted by atomic mass is 10.1. The molecule has 1 fully saturated rings. The van der Waals surface area contributed by atoms with Gasteiger partial charge >= 0.3 is 5.97 Å². The highest BCUT2D eigenvalue weighted by atomic mass is 35.5. The Morgan fingerprint density at radius 2 is 2.04 bits per heavy atom. The normalized spacial score (nSPS) is 19.3. The zero-order valence-corrected chi connectivity index (χ0v) is 13.5. The Balaban J connectivity index is 1.70. The van der Waals surface area contributed by atoms with Crippen LogP contribution in [0.1, 0.15) is 28.4 Å². The Morgan fingerprint density at radius 1 is 1.35 bits per heavy atom. The number of hydrogen-bond donors (Lipinski definition) is 1. The number of aryl methyl sites for hydroxylation is 1. The molecule has 1 aromatic heterocycles. The van der Waals surface area contributed by atoms with Crippen LogP contribution in [-0.2, 0) is 16.6 Å². The molecule has 120 valence electrons. The number of carbonyl (C=O) groups excluding carboxylic acids is 2. The van der Waals surface area contributed by atoms with Gasteiger partial charge in [0.15, 0.2) is 5.69 Å². The largest absolute Gasteiger partial charge is 0.464 e. The van der Waals surface area contributed by atoms with Crippen molar-refractivity contribution in [2.75, 3.05) is 12.4 Å². The first-order valence-corrected chi connectivity index (χ1v) is 7.55. The van der Waals surface area contributed by atoms with Crippen molar-refractivity contribution in [3.8, 4) is 0 Å². The molecule has 1 saturated carbocycles. The number of methoxy groups -OCH3 is 1. The Labute approximate surface area is 138 Å². The fourth-order valence-corrected chi connectivity index (χ4v) is 2.78. The van der Waals surface area contributed by atoms with E-state index < -0.39 is 5.97 Å². The second kappa shape index (κ2) is 6.04. The monoisotopic (exact) mass is 333 g/mol. The molecule has 1 aliphatic rings. The van der Waals surface area contributed by atoms with Crippen molar-refractivity contribution < 1.29 is 14.3 Å². The molecule has 1 amide bonds. The third kappa shape index (κ3) is 3.07. The number of amides is 1. The summed E-state index contributed by atoms with van der Waals surface area (Å²) in [6, 6.07) is 7.51. The summed E-state index contributed by atoms with van der Waals surface area (Å²) in [6.07, 6.45) is 2.23. The van der Waals surface area contributed by atoms with E-state index in [1.54, 1.807) is 7.05 Å². The molecule has 1 aromatic carbocycles. The topological polar surface area (TPSA) is 73.2 Å². The summed E-state index contributed by atoms with van der Waals surface area (Å²) in [4.78, 5) is 24.1. The zero-order chi connectivity index (χ0) is 16.6. The van der Waals surface area contributed by atoms with Gasteiger partial charge < -0.3 is 10.1 Å². The number of anilines is 1. The van der Waals surface area contributed by atoms with Gasteiger partial charge in [-0.05, 0) is 30.0 Å². The Morgan fingerprint density at radius 3 is 2.70 bits per heavy atom. The minimum absolute atomic E-state index is 0.109. The molecule has 1 N–H and O–H groups in total. The van der Waals surface area contributed by atoms with Gasteiger partial charge in [0.05, 0.1) is 19.0 Å². The van der Waals surface area contributed by atoms with Gasteiger partial charge in [-0.15, -0.1) is 0 Å². The summed E-state index contributed by atoms with van der Waals surface area (Å²) in [5, 5.41) is 7.44. The molecule has 0 spiro atoms. The predicted molar refractivity (Wildman–Crippen MR) is 85.5 cm³/mol. The maximum atomic E-state index is 12.4. The molecular formula is C16H16ClN3O3. The van der Waals surface area contributed by atoms with Gasteiger partial charge in [-0.3, -0.25) is 9.48 Å². The fraction of sp³-hybridized carbons (Fsp3) is 0.312.